The van der Waals surface area contributed by atoms with Gasteiger partial charge in [-0.15, -0.1) is 0 Å². The van der Waals surface area contributed by atoms with Gasteiger partial charge < -0.3 is 9.47 Å². The van der Waals surface area contributed by atoms with Gasteiger partial charge in [-0.25, -0.2) is 9.97 Å². The van der Waals surface area contributed by atoms with Gasteiger partial charge >= 0.3 is 0 Å². The molecule has 1 aromatic carbocycles. The van der Waals surface area contributed by atoms with Gasteiger partial charge in [-0.3, -0.25) is 9.30 Å². The van der Waals surface area contributed by atoms with Crippen LogP contribution in [0.3, 0.4) is 0 Å². The Hall–Kier alpha value is -2.60. The van der Waals surface area contributed by atoms with E-state index in [1.165, 1.54) is 12.0 Å². The summed E-state index contributed by atoms with van der Waals surface area (Å²) in [5, 5.41) is 0. The van der Waals surface area contributed by atoms with E-state index in [9.17, 15) is 0 Å². The van der Waals surface area contributed by atoms with Gasteiger partial charge in [-0.05, 0) is 43.1 Å². The molecule has 2 aliphatic rings. The largest absolute Gasteiger partial charge is 0.486 e. The van der Waals surface area contributed by atoms with Gasteiger partial charge in [0.1, 0.15) is 13.2 Å². The maximum absolute atomic E-state index is 5.75. The quantitative estimate of drug-likeness (QED) is 0.736. The van der Waals surface area contributed by atoms with E-state index >= 15 is 0 Å². The Bertz CT molecular complexity index is 874. The Balaban J connectivity index is 1.40. The average Bonchev–Trinajstić information content (AvgIpc) is 3.27. The van der Waals surface area contributed by atoms with E-state index in [1.807, 2.05) is 22.7 Å². The zero-order valence-corrected chi connectivity index (χ0v) is 14.0. The molecular formula is C19H20N4O2. The second-order valence-corrected chi connectivity index (χ2v) is 6.59. The normalized spacial score (nSPS) is 20.2. The molecule has 4 heterocycles. The first-order valence-corrected chi connectivity index (χ1v) is 8.79. The molecule has 1 atom stereocenters. The maximum Gasteiger partial charge on any atom is 0.233 e. The van der Waals surface area contributed by atoms with Crippen molar-refractivity contribution in [1.29, 1.82) is 0 Å². The molecule has 5 rings (SSSR count). The Labute approximate surface area is 146 Å². The number of benzene rings is 1. The van der Waals surface area contributed by atoms with Crippen LogP contribution in [0.2, 0.25) is 0 Å². The number of ether oxygens (including phenoxy) is 2. The summed E-state index contributed by atoms with van der Waals surface area (Å²) in [5.74, 6) is 2.48. The molecule has 1 unspecified atom stereocenters. The van der Waals surface area contributed by atoms with Gasteiger partial charge in [-0.2, -0.15) is 0 Å². The highest BCUT2D eigenvalue weighted by molar-refractivity contribution is 5.45. The molecule has 0 amide bonds. The van der Waals surface area contributed by atoms with Crippen LogP contribution in [0.5, 0.6) is 11.5 Å². The minimum absolute atomic E-state index is 0.397. The van der Waals surface area contributed by atoms with Gasteiger partial charge in [0.05, 0.1) is 5.69 Å². The van der Waals surface area contributed by atoms with Crippen LogP contribution in [0.25, 0.3) is 5.78 Å². The van der Waals surface area contributed by atoms with Crippen molar-refractivity contribution in [3.05, 3.63) is 54.1 Å². The summed E-state index contributed by atoms with van der Waals surface area (Å²) in [4.78, 5) is 11.4. The minimum atomic E-state index is 0.397. The molecular weight excluding hydrogens is 316 g/mol. The highest BCUT2D eigenvalue weighted by Gasteiger charge is 2.28. The summed E-state index contributed by atoms with van der Waals surface area (Å²) in [5.41, 5.74) is 2.35. The van der Waals surface area contributed by atoms with Crippen molar-refractivity contribution < 1.29 is 9.47 Å². The fraction of sp³-hybridized carbons (Fsp3) is 0.368. The first-order valence-electron chi connectivity index (χ1n) is 8.79. The molecule has 0 saturated carbocycles. The van der Waals surface area contributed by atoms with E-state index < -0.39 is 0 Å². The molecule has 3 aromatic rings. The number of hydrogen-bond donors (Lipinski definition) is 0. The first-order chi connectivity index (χ1) is 12.4. The van der Waals surface area contributed by atoms with Crippen molar-refractivity contribution in [3.8, 4) is 11.5 Å². The average molecular weight is 336 g/mol. The molecule has 2 aliphatic heterocycles. The molecule has 0 aliphatic carbocycles. The number of imidazole rings is 1. The lowest BCUT2D eigenvalue weighted by Crippen LogP contribution is -2.23. The molecule has 2 aromatic heterocycles. The molecule has 0 N–H and O–H groups in total. The number of hydrogen-bond acceptors (Lipinski definition) is 5. The lowest BCUT2D eigenvalue weighted by atomic mass is 10.0. The Morgan fingerprint density at radius 2 is 2.08 bits per heavy atom. The number of rotatable bonds is 3. The van der Waals surface area contributed by atoms with Crippen LogP contribution < -0.4 is 9.47 Å². The summed E-state index contributed by atoms with van der Waals surface area (Å²) >= 11 is 0. The highest BCUT2D eigenvalue weighted by atomic mass is 16.6. The molecule has 128 valence electrons. The topological polar surface area (TPSA) is 51.9 Å². The van der Waals surface area contributed by atoms with Gasteiger partial charge in [0, 0.05) is 31.2 Å². The third-order valence-corrected chi connectivity index (χ3v) is 4.97. The molecule has 6 nitrogen and oxygen atoms in total. The van der Waals surface area contributed by atoms with Crippen molar-refractivity contribution in [2.45, 2.75) is 25.4 Å². The summed E-state index contributed by atoms with van der Waals surface area (Å²) in [6, 6.07) is 8.67. The third-order valence-electron chi connectivity index (χ3n) is 4.97. The number of aromatic nitrogens is 3. The molecule has 0 radical (unpaired) electrons. The van der Waals surface area contributed by atoms with Crippen LogP contribution in [-0.4, -0.2) is 39.0 Å². The van der Waals surface area contributed by atoms with Crippen molar-refractivity contribution >= 4 is 5.78 Å². The summed E-state index contributed by atoms with van der Waals surface area (Å²) in [6.07, 6.45) is 8.19. The van der Waals surface area contributed by atoms with E-state index in [0.717, 1.165) is 42.5 Å². The van der Waals surface area contributed by atoms with E-state index in [-0.39, 0.29) is 0 Å². The van der Waals surface area contributed by atoms with Crippen LogP contribution in [-0.2, 0) is 6.54 Å². The number of nitrogens with zero attached hydrogens (tertiary/aromatic N) is 4. The predicted molar refractivity (Wildman–Crippen MR) is 92.8 cm³/mol. The summed E-state index contributed by atoms with van der Waals surface area (Å²) in [6.45, 7) is 3.17. The van der Waals surface area contributed by atoms with Crippen LogP contribution in [0, 0.1) is 0 Å². The van der Waals surface area contributed by atoms with E-state index in [2.05, 4.69) is 33.2 Å². The second-order valence-electron chi connectivity index (χ2n) is 6.59. The van der Waals surface area contributed by atoms with Crippen LogP contribution in [0.15, 0.2) is 42.9 Å². The number of fused-ring (bicyclic) bond motifs is 2. The molecule has 0 bridgehead atoms. The zero-order valence-electron chi connectivity index (χ0n) is 14.0. The lowest BCUT2D eigenvalue weighted by Gasteiger charge is -2.26. The van der Waals surface area contributed by atoms with Crippen LogP contribution >= 0.6 is 0 Å². The monoisotopic (exact) mass is 336 g/mol. The minimum Gasteiger partial charge on any atom is -0.486 e. The first kappa shape index (κ1) is 14.7. The fourth-order valence-electron chi connectivity index (χ4n) is 3.82. The van der Waals surface area contributed by atoms with E-state index in [4.69, 9.17) is 9.47 Å². The lowest BCUT2D eigenvalue weighted by molar-refractivity contribution is 0.170. The Morgan fingerprint density at radius 3 is 3.00 bits per heavy atom. The SMILES string of the molecule is c1cnc2nc(CN3CCCC3c3ccc4c(c3)OCCO4)cn2c1. The molecule has 1 saturated heterocycles. The predicted octanol–water partition coefficient (Wildman–Crippen LogP) is 2.84. The molecule has 25 heavy (non-hydrogen) atoms. The fourth-order valence-corrected chi connectivity index (χ4v) is 3.82. The Kier molecular flexibility index (Phi) is 3.56. The summed E-state index contributed by atoms with van der Waals surface area (Å²) < 4.78 is 13.4. The van der Waals surface area contributed by atoms with Crippen molar-refractivity contribution in [2.24, 2.45) is 0 Å². The third kappa shape index (κ3) is 2.72. The zero-order chi connectivity index (χ0) is 16.6. The van der Waals surface area contributed by atoms with E-state index in [1.54, 1.807) is 6.20 Å². The second kappa shape index (κ2) is 6.04. The van der Waals surface area contributed by atoms with Crippen molar-refractivity contribution in [3.63, 3.8) is 0 Å². The van der Waals surface area contributed by atoms with Gasteiger partial charge in [0.2, 0.25) is 5.78 Å². The van der Waals surface area contributed by atoms with Crippen molar-refractivity contribution in [2.75, 3.05) is 19.8 Å². The van der Waals surface area contributed by atoms with E-state index in [0.29, 0.717) is 19.3 Å². The maximum atomic E-state index is 5.75. The van der Waals surface area contributed by atoms with Crippen molar-refractivity contribution in [1.82, 2.24) is 19.3 Å². The highest BCUT2D eigenvalue weighted by Crippen LogP contribution is 2.38. The van der Waals surface area contributed by atoms with Crippen LogP contribution in [0.1, 0.15) is 30.1 Å². The summed E-state index contributed by atoms with van der Waals surface area (Å²) in [7, 11) is 0. The molecule has 0 spiro atoms. The molecule has 1 fully saturated rings. The standard InChI is InChI=1S/C19H20N4O2/c1-3-16(14-4-5-17-18(11-14)25-10-9-24-17)22(7-1)12-15-13-23-8-2-6-20-19(23)21-15/h2,4-6,8,11,13,16H,1,3,7,9-10,12H2. The molecule has 6 heteroatoms. The van der Waals surface area contributed by atoms with Gasteiger partial charge in [0.25, 0.3) is 0 Å². The van der Waals surface area contributed by atoms with Gasteiger partial charge in [0.15, 0.2) is 11.5 Å². The van der Waals surface area contributed by atoms with Crippen LogP contribution in [0.4, 0.5) is 0 Å². The smallest absolute Gasteiger partial charge is 0.233 e. The Morgan fingerprint density at radius 1 is 1.16 bits per heavy atom. The van der Waals surface area contributed by atoms with Gasteiger partial charge in [-0.1, -0.05) is 6.07 Å². The number of likely N-dealkylation sites (tertiary alicyclic amines) is 1.